The van der Waals surface area contributed by atoms with Gasteiger partial charge in [0.2, 0.25) is 0 Å². The Kier molecular flexibility index (Phi) is 4.48. The van der Waals surface area contributed by atoms with Crippen molar-refractivity contribution in [2.24, 2.45) is 0 Å². The summed E-state index contributed by atoms with van der Waals surface area (Å²) in [5, 5.41) is 11.6. The number of nitrogens with zero attached hydrogens (tertiary/aromatic N) is 2. The molecule has 0 saturated carbocycles. The number of hydrogen-bond acceptors (Lipinski definition) is 4. The molecule has 6 heteroatoms. The number of imidazole rings is 1. The molecule has 0 fully saturated rings. The topological polar surface area (TPSA) is 70.9 Å². The number of aryl methyl sites for hydroxylation is 1. The molecule has 148 valence electrons. The zero-order valence-electron chi connectivity index (χ0n) is 16.3. The fourth-order valence-corrected chi connectivity index (χ4v) is 4.23. The van der Waals surface area contributed by atoms with Crippen LogP contribution in [0.25, 0.3) is 27.6 Å². The van der Waals surface area contributed by atoms with E-state index < -0.39 is 0 Å². The molecule has 0 bridgehead atoms. The highest BCUT2D eigenvalue weighted by atomic mass is 32.1. The summed E-state index contributed by atoms with van der Waals surface area (Å²) >= 11 is 1.59. The van der Waals surface area contributed by atoms with Crippen molar-refractivity contribution in [2.75, 3.05) is 0 Å². The lowest BCUT2D eigenvalue weighted by atomic mass is 10.1. The van der Waals surface area contributed by atoms with Crippen molar-refractivity contribution in [1.82, 2.24) is 14.5 Å². The van der Waals surface area contributed by atoms with E-state index >= 15 is 0 Å². The minimum atomic E-state index is -0.114. The summed E-state index contributed by atoms with van der Waals surface area (Å²) in [5.41, 5.74) is 5.11. The number of phenols is 1. The van der Waals surface area contributed by atoms with Gasteiger partial charge in [-0.3, -0.25) is 9.36 Å². The normalized spacial score (nSPS) is 11.2. The van der Waals surface area contributed by atoms with E-state index in [-0.39, 0.29) is 11.3 Å². The molecular weight excluding hydrogens is 394 g/mol. The molecule has 2 N–H and O–H groups in total. The molecule has 0 atom stereocenters. The van der Waals surface area contributed by atoms with Crippen LogP contribution in [0.3, 0.4) is 0 Å². The second-order valence-corrected chi connectivity index (χ2v) is 8.23. The van der Waals surface area contributed by atoms with Gasteiger partial charge < -0.3 is 10.1 Å². The standard InChI is InChI=1S/C24H19N3O2S/c1-15-4-6-16(7-5-15)13-19-24(29)27-14-20(17-8-10-18(28)11-9-17)25-22(23(27)26-19)21-3-2-12-30-21/h2-12,14,25,28H,13H2,1H3. The summed E-state index contributed by atoms with van der Waals surface area (Å²) in [5.74, 6) is 0.818. The van der Waals surface area contributed by atoms with Crippen LogP contribution in [0.5, 0.6) is 5.75 Å². The third-order valence-electron chi connectivity index (χ3n) is 5.11. The minimum Gasteiger partial charge on any atom is -0.508 e. The molecule has 2 aromatic carbocycles. The van der Waals surface area contributed by atoms with Crippen LogP contribution in [0.2, 0.25) is 0 Å². The van der Waals surface area contributed by atoms with Gasteiger partial charge in [-0.25, -0.2) is 4.98 Å². The molecule has 0 spiro atoms. The molecule has 5 rings (SSSR count). The zero-order chi connectivity index (χ0) is 20.7. The molecule has 2 aliphatic heterocycles. The van der Waals surface area contributed by atoms with Crippen LogP contribution < -0.4 is 5.56 Å². The third-order valence-corrected chi connectivity index (χ3v) is 6.00. The molecule has 0 aliphatic carbocycles. The maximum atomic E-state index is 13.2. The molecule has 1 aromatic heterocycles. The fraction of sp³-hybridized carbons (Fsp3) is 0.0833. The number of nitrogens with one attached hydrogen (secondary N) is 1. The van der Waals surface area contributed by atoms with E-state index in [1.807, 2.05) is 60.8 Å². The van der Waals surface area contributed by atoms with E-state index in [0.717, 1.165) is 27.4 Å². The molecule has 0 saturated heterocycles. The Morgan fingerprint density at radius 2 is 1.83 bits per heavy atom. The zero-order valence-corrected chi connectivity index (χ0v) is 17.1. The van der Waals surface area contributed by atoms with Gasteiger partial charge in [0.1, 0.15) is 17.1 Å². The van der Waals surface area contributed by atoms with E-state index in [1.54, 1.807) is 34.2 Å². The smallest absolute Gasteiger partial charge is 0.278 e. The van der Waals surface area contributed by atoms with Crippen LogP contribution in [0.15, 0.2) is 77.0 Å². The summed E-state index contributed by atoms with van der Waals surface area (Å²) in [6, 6.07) is 19.0. The van der Waals surface area contributed by atoms with Crippen LogP contribution >= 0.6 is 11.3 Å². The summed E-state index contributed by atoms with van der Waals surface area (Å²) in [6.07, 6.45) is 2.27. The number of H-pyrrole nitrogens is 1. The fourth-order valence-electron chi connectivity index (χ4n) is 3.51. The second-order valence-electron chi connectivity index (χ2n) is 7.29. The SMILES string of the molecule is Cc1ccc(Cc2nc3c(-c4cccs4)[nH]c(-c4ccc(O)cc4)cn-3c2=O)cc1. The number of aromatic nitrogens is 3. The number of aromatic amines is 1. The van der Waals surface area contributed by atoms with Crippen molar-refractivity contribution in [3.63, 3.8) is 0 Å². The molecule has 3 heterocycles. The molecular formula is C24H19N3O2S. The van der Waals surface area contributed by atoms with Crippen LogP contribution in [0, 0.1) is 6.92 Å². The molecule has 3 aromatic rings. The number of hydrogen-bond donors (Lipinski definition) is 2. The van der Waals surface area contributed by atoms with E-state index in [9.17, 15) is 9.90 Å². The van der Waals surface area contributed by atoms with Crippen LogP contribution in [0.1, 0.15) is 16.8 Å². The minimum absolute atomic E-state index is 0.114. The summed E-state index contributed by atoms with van der Waals surface area (Å²) < 4.78 is 1.62. The number of rotatable bonds is 4. The highest BCUT2D eigenvalue weighted by Crippen LogP contribution is 2.31. The van der Waals surface area contributed by atoms with Gasteiger partial charge in [-0.15, -0.1) is 11.3 Å². The Hall–Kier alpha value is -3.64. The lowest BCUT2D eigenvalue weighted by Crippen LogP contribution is -2.16. The van der Waals surface area contributed by atoms with E-state index in [1.165, 1.54) is 5.56 Å². The van der Waals surface area contributed by atoms with Gasteiger partial charge in [0.15, 0.2) is 5.82 Å². The summed E-state index contributed by atoms with van der Waals surface area (Å²) in [4.78, 5) is 22.4. The number of aromatic hydroxyl groups is 1. The molecule has 0 radical (unpaired) electrons. The Morgan fingerprint density at radius 3 is 2.53 bits per heavy atom. The number of fused-ring (bicyclic) bond motifs is 1. The van der Waals surface area contributed by atoms with Gasteiger partial charge >= 0.3 is 0 Å². The Morgan fingerprint density at radius 1 is 1.07 bits per heavy atom. The number of benzene rings is 2. The lowest BCUT2D eigenvalue weighted by molar-refractivity contribution is 0.475. The van der Waals surface area contributed by atoms with Gasteiger partial charge in [0.25, 0.3) is 5.56 Å². The molecule has 5 nitrogen and oxygen atoms in total. The van der Waals surface area contributed by atoms with Crippen molar-refractivity contribution in [3.8, 4) is 33.4 Å². The second kappa shape index (κ2) is 7.31. The maximum Gasteiger partial charge on any atom is 0.278 e. The van der Waals surface area contributed by atoms with Gasteiger partial charge in [-0.05, 0) is 53.8 Å². The van der Waals surface area contributed by atoms with Crippen molar-refractivity contribution < 1.29 is 5.11 Å². The van der Waals surface area contributed by atoms with E-state index in [2.05, 4.69) is 4.98 Å². The Bertz CT molecular complexity index is 1330. The van der Waals surface area contributed by atoms with Crippen molar-refractivity contribution in [2.45, 2.75) is 13.3 Å². The van der Waals surface area contributed by atoms with Gasteiger partial charge in [-0.1, -0.05) is 35.9 Å². The predicted octanol–water partition coefficient (Wildman–Crippen LogP) is 5.00. The quantitative estimate of drug-likeness (QED) is 0.436. The average Bonchev–Trinajstić information content (AvgIpc) is 3.39. The first-order chi connectivity index (χ1) is 14.6. The monoisotopic (exact) mass is 413 g/mol. The highest BCUT2D eigenvalue weighted by Gasteiger charge is 2.21. The molecule has 0 amide bonds. The Balaban J connectivity index is 1.68. The Labute approximate surface area is 177 Å². The van der Waals surface area contributed by atoms with Gasteiger partial charge in [0.05, 0.1) is 10.6 Å². The predicted molar refractivity (Wildman–Crippen MR) is 120 cm³/mol. The van der Waals surface area contributed by atoms with E-state index in [0.29, 0.717) is 17.9 Å². The molecule has 2 aliphatic rings. The number of phenolic OH excluding ortho intramolecular Hbond substituents is 1. The first kappa shape index (κ1) is 18.4. The summed E-state index contributed by atoms with van der Waals surface area (Å²) in [7, 11) is 0. The van der Waals surface area contributed by atoms with Crippen molar-refractivity contribution in [1.29, 1.82) is 0 Å². The number of thiophene rings is 1. The largest absolute Gasteiger partial charge is 0.508 e. The molecule has 0 unspecified atom stereocenters. The van der Waals surface area contributed by atoms with Crippen LogP contribution in [0.4, 0.5) is 0 Å². The van der Waals surface area contributed by atoms with Crippen LogP contribution in [-0.4, -0.2) is 19.6 Å². The van der Waals surface area contributed by atoms with Gasteiger partial charge in [0, 0.05) is 12.6 Å². The van der Waals surface area contributed by atoms with Crippen molar-refractivity contribution >= 4 is 11.3 Å². The van der Waals surface area contributed by atoms with Crippen molar-refractivity contribution in [3.05, 3.63) is 99.4 Å². The summed E-state index contributed by atoms with van der Waals surface area (Å²) in [6.45, 7) is 2.04. The maximum absolute atomic E-state index is 13.2. The van der Waals surface area contributed by atoms with Gasteiger partial charge in [-0.2, -0.15) is 0 Å². The van der Waals surface area contributed by atoms with E-state index in [4.69, 9.17) is 4.98 Å². The third kappa shape index (κ3) is 3.31. The first-order valence-electron chi connectivity index (χ1n) is 9.61. The van der Waals surface area contributed by atoms with Crippen LogP contribution in [-0.2, 0) is 6.42 Å². The molecule has 30 heavy (non-hydrogen) atoms. The average molecular weight is 414 g/mol. The lowest BCUT2D eigenvalue weighted by Gasteiger charge is -2.12. The highest BCUT2D eigenvalue weighted by molar-refractivity contribution is 7.13. The first-order valence-corrected chi connectivity index (χ1v) is 10.5.